The van der Waals surface area contributed by atoms with E-state index in [1.165, 1.54) is 11.3 Å². The van der Waals surface area contributed by atoms with Gasteiger partial charge in [-0.1, -0.05) is 6.08 Å². The van der Waals surface area contributed by atoms with Crippen LogP contribution in [0.2, 0.25) is 0 Å². The van der Waals surface area contributed by atoms with Crippen molar-refractivity contribution in [2.24, 2.45) is 0 Å². The van der Waals surface area contributed by atoms with E-state index in [2.05, 4.69) is 16.0 Å². The molecule has 0 amide bonds. The molecule has 110 valence electrons. The molecule has 0 unspecified atom stereocenters. The molecule has 3 rings (SSSR count). The van der Waals surface area contributed by atoms with E-state index >= 15 is 0 Å². The average molecular weight is 310 g/mol. The zero-order chi connectivity index (χ0) is 15.9. The minimum atomic E-state index is -0.201. The largest absolute Gasteiger partial charge is 0.350 e. The van der Waals surface area contributed by atoms with Crippen LogP contribution in [0.15, 0.2) is 34.9 Å². The second-order valence-electron chi connectivity index (χ2n) is 5.06. The predicted molar refractivity (Wildman–Crippen MR) is 88.3 cm³/mol. The SMILES string of the molecule is Cc1sc2nc(C(C#N)=C3C=CC=CN3C)[nH]c(=O)c2c1C. The number of hydrogen-bond acceptors (Lipinski definition) is 5. The van der Waals surface area contributed by atoms with Crippen molar-refractivity contribution in [2.45, 2.75) is 13.8 Å². The summed E-state index contributed by atoms with van der Waals surface area (Å²) in [5.41, 5.74) is 1.81. The molecule has 0 fully saturated rings. The lowest BCUT2D eigenvalue weighted by molar-refractivity contribution is 0.586. The van der Waals surface area contributed by atoms with Crippen molar-refractivity contribution in [3.63, 3.8) is 0 Å². The number of rotatable bonds is 1. The van der Waals surface area contributed by atoms with Crippen molar-refractivity contribution >= 4 is 27.1 Å². The van der Waals surface area contributed by atoms with Crippen molar-refractivity contribution in [2.75, 3.05) is 7.05 Å². The van der Waals surface area contributed by atoms with E-state index in [-0.39, 0.29) is 5.56 Å². The standard InChI is InChI=1S/C16H14N4OS/c1-9-10(2)22-16-13(9)15(21)18-14(19-16)11(8-17)12-6-4-5-7-20(12)3/h4-7H,1-3H3,(H,18,19,21). The molecule has 0 aliphatic carbocycles. The Morgan fingerprint density at radius 3 is 2.86 bits per heavy atom. The number of aromatic amines is 1. The Morgan fingerprint density at radius 2 is 2.18 bits per heavy atom. The summed E-state index contributed by atoms with van der Waals surface area (Å²) in [6.45, 7) is 3.88. The molecule has 2 aromatic heterocycles. The maximum atomic E-state index is 12.4. The van der Waals surface area contributed by atoms with E-state index in [0.29, 0.717) is 27.3 Å². The fraction of sp³-hybridized carbons (Fsp3) is 0.188. The highest BCUT2D eigenvalue weighted by molar-refractivity contribution is 7.18. The number of aryl methyl sites for hydroxylation is 2. The third-order valence-electron chi connectivity index (χ3n) is 3.70. The Morgan fingerprint density at radius 1 is 1.41 bits per heavy atom. The number of H-pyrrole nitrogens is 1. The lowest BCUT2D eigenvalue weighted by Crippen LogP contribution is -2.16. The highest BCUT2D eigenvalue weighted by Gasteiger charge is 2.17. The number of aromatic nitrogens is 2. The van der Waals surface area contributed by atoms with E-state index in [9.17, 15) is 10.1 Å². The minimum absolute atomic E-state index is 0.201. The minimum Gasteiger partial charge on any atom is -0.350 e. The summed E-state index contributed by atoms with van der Waals surface area (Å²) in [7, 11) is 1.85. The van der Waals surface area contributed by atoms with Crippen molar-refractivity contribution in [3.8, 4) is 6.07 Å². The van der Waals surface area contributed by atoms with Gasteiger partial charge in [-0.25, -0.2) is 4.98 Å². The van der Waals surface area contributed by atoms with Crippen LogP contribution >= 0.6 is 11.3 Å². The van der Waals surface area contributed by atoms with Gasteiger partial charge in [0.05, 0.1) is 11.1 Å². The summed E-state index contributed by atoms with van der Waals surface area (Å²) >= 11 is 1.47. The predicted octanol–water partition coefficient (Wildman–Crippen LogP) is 2.85. The van der Waals surface area contributed by atoms with E-state index in [1.54, 1.807) is 0 Å². The van der Waals surface area contributed by atoms with Gasteiger partial charge in [-0.3, -0.25) is 4.79 Å². The molecular formula is C16H14N4OS. The second kappa shape index (κ2) is 5.28. The molecule has 0 saturated carbocycles. The van der Waals surface area contributed by atoms with Crippen LogP contribution in [0, 0.1) is 25.2 Å². The normalized spacial score (nSPS) is 16.2. The lowest BCUT2D eigenvalue weighted by Gasteiger charge is -2.19. The molecular weight excluding hydrogens is 296 g/mol. The molecule has 1 N–H and O–H groups in total. The van der Waals surface area contributed by atoms with Gasteiger partial charge in [-0.05, 0) is 31.6 Å². The summed E-state index contributed by atoms with van der Waals surface area (Å²) in [4.78, 5) is 23.2. The van der Waals surface area contributed by atoms with Crippen LogP contribution < -0.4 is 5.56 Å². The number of nitrogens with zero attached hydrogens (tertiary/aromatic N) is 3. The van der Waals surface area contributed by atoms with Crippen LogP contribution in [0.1, 0.15) is 16.3 Å². The van der Waals surface area contributed by atoms with Gasteiger partial charge in [0.1, 0.15) is 16.5 Å². The Balaban J connectivity index is 2.28. The number of likely N-dealkylation sites (N-methyl/N-ethyl adjacent to an activating group) is 1. The van der Waals surface area contributed by atoms with Gasteiger partial charge in [0, 0.05) is 18.1 Å². The highest BCUT2D eigenvalue weighted by Crippen LogP contribution is 2.27. The monoisotopic (exact) mass is 310 g/mol. The van der Waals surface area contributed by atoms with Gasteiger partial charge >= 0.3 is 0 Å². The van der Waals surface area contributed by atoms with Gasteiger partial charge in [-0.15, -0.1) is 11.3 Å². The maximum Gasteiger partial charge on any atom is 0.260 e. The molecule has 1 aliphatic heterocycles. The molecule has 5 nitrogen and oxygen atoms in total. The summed E-state index contributed by atoms with van der Waals surface area (Å²) in [5, 5.41) is 10.1. The first-order valence-electron chi connectivity index (χ1n) is 6.75. The molecule has 0 aromatic carbocycles. The first-order chi connectivity index (χ1) is 10.5. The molecule has 0 saturated heterocycles. The Labute approximate surface area is 131 Å². The number of allylic oxidation sites excluding steroid dienone is 4. The Kier molecular flexibility index (Phi) is 3.43. The fourth-order valence-corrected chi connectivity index (χ4v) is 3.42. The van der Waals surface area contributed by atoms with E-state index < -0.39 is 0 Å². The molecule has 0 atom stereocenters. The quantitative estimate of drug-likeness (QED) is 0.822. The molecule has 0 spiro atoms. The summed E-state index contributed by atoms with van der Waals surface area (Å²) in [5.74, 6) is 0.308. The Hall–Kier alpha value is -2.65. The second-order valence-corrected chi connectivity index (χ2v) is 6.26. The van der Waals surface area contributed by atoms with E-state index in [0.717, 1.165) is 10.4 Å². The van der Waals surface area contributed by atoms with Gasteiger partial charge in [-0.2, -0.15) is 5.26 Å². The van der Waals surface area contributed by atoms with E-state index in [4.69, 9.17) is 0 Å². The number of nitrogens with one attached hydrogen (secondary N) is 1. The fourth-order valence-electron chi connectivity index (χ4n) is 2.39. The topological polar surface area (TPSA) is 72.8 Å². The third kappa shape index (κ3) is 2.16. The zero-order valence-electron chi connectivity index (χ0n) is 12.5. The molecule has 2 aromatic rings. The van der Waals surface area contributed by atoms with Crippen LogP contribution in [-0.4, -0.2) is 21.9 Å². The van der Waals surface area contributed by atoms with Crippen molar-refractivity contribution < 1.29 is 0 Å². The first-order valence-corrected chi connectivity index (χ1v) is 7.57. The maximum absolute atomic E-state index is 12.4. The summed E-state index contributed by atoms with van der Waals surface area (Å²) in [6, 6.07) is 2.16. The lowest BCUT2D eigenvalue weighted by atomic mass is 10.1. The molecule has 0 radical (unpaired) electrons. The number of hydrogen-bond donors (Lipinski definition) is 1. The number of thiophene rings is 1. The summed E-state index contributed by atoms with van der Waals surface area (Å²) < 4.78 is 0. The summed E-state index contributed by atoms with van der Waals surface area (Å²) in [6.07, 6.45) is 7.41. The average Bonchev–Trinajstić information content (AvgIpc) is 2.77. The number of nitriles is 1. The third-order valence-corrected chi connectivity index (χ3v) is 4.80. The van der Waals surface area contributed by atoms with Crippen LogP contribution in [-0.2, 0) is 0 Å². The van der Waals surface area contributed by atoms with Crippen LogP contribution in [0.25, 0.3) is 15.8 Å². The molecule has 22 heavy (non-hydrogen) atoms. The first kappa shape index (κ1) is 14.3. The van der Waals surface area contributed by atoms with Crippen molar-refractivity contribution in [1.82, 2.24) is 14.9 Å². The zero-order valence-corrected chi connectivity index (χ0v) is 13.3. The smallest absolute Gasteiger partial charge is 0.260 e. The number of fused-ring (bicyclic) bond motifs is 1. The highest BCUT2D eigenvalue weighted by atomic mass is 32.1. The van der Waals surface area contributed by atoms with Gasteiger partial charge < -0.3 is 9.88 Å². The van der Waals surface area contributed by atoms with E-state index in [1.807, 2.05) is 50.2 Å². The van der Waals surface area contributed by atoms with Crippen LogP contribution in [0.5, 0.6) is 0 Å². The van der Waals surface area contributed by atoms with Crippen molar-refractivity contribution in [1.29, 1.82) is 5.26 Å². The molecule has 6 heteroatoms. The molecule has 0 bridgehead atoms. The van der Waals surface area contributed by atoms with Crippen molar-refractivity contribution in [3.05, 3.63) is 56.7 Å². The molecule has 3 heterocycles. The van der Waals surface area contributed by atoms with Gasteiger partial charge in [0.2, 0.25) is 0 Å². The molecule has 1 aliphatic rings. The Bertz CT molecular complexity index is 953. The van der Waals surface area contributed by atoms with Crippen LogP contribution in [0.3, 0.4) is 0 Å². The van der Waals surface area contributed by atoms with Gasteiger partial charge in [0.15, 0.2) is 5.82 Å². The van der Waals surface area contributed by atoms with Gasteiger partial charge in [0.25, 0.3) is 5.56 Å². The van der Waals surface area contributed by atoms with Crippen LogP contribution in [0.4, 0.5) is 0 Å².